The number of benzene rings is 1. The maximum atomic E-state index is 13.5. The van der Waals surface area contributed by atoms with Gasteiger partial charge in [-0.2, -0.15) is 0 Å². The smallest absolute Gasteiger partial charge is 0.254 e. The molecule has 0 unspecified atom stereocenters. The first kappa shape index (κ1) is 17.3. The van der Waals surface area contributed by atoms with Gasteiger partial charge in [-0.15, -0.1) is 0 Å². The van der Waals surface area contributed by atoms with Crippen molar-refractivity contribution < 1.29 is 14.3 Å². The molecule has 2 fully saturated rings. The Balaban J connectivity index is 1.66. The van der Waals surface area contributed by atoms with Gasteiger partial charge < -0.3 is 14.4 Å². The molecule has 1 amide bonds. The normalized spacial score (nSPS) is 20.1. The highest BCUT2D eigenvalue weighted by atomic mass is 16.5. The lowest BCUT2D eigenvalue weighted by molar-refractivity contribution is 0.0449. The van der Waals surface area contributed by atoms with Crippen molar-refractivity contribution in [1.82, 2.24) is 9.88 Å². The summed E-state index contributed by atoms with van der Waals surface area (Å²) in [7, 11) is 1.59. The summed E-state index contributed by atoms with van der Waals surface area (Å²) in [5.74, 6) is 1.16. The van der Waals surface area contributed by atoms with Crippen molar-refractivity contribution in [3.8, 4) is 5.88 Å². The Morgan fingerprint density at radius 1 is 1.23 bits per heavy atom. The van der Waals surface area contributed by atoms with Crippen LogP contribution in [-0.4, -0.2) is 48.7 Å². The van der Waals surface area contributed by atoms with Crippen molar-refractivity contribution in [2.24, 2.45) is 5.92 Å². The Morgan fingerprint density at radius 2 is 2.08 bits per heavy atom. The Morgan fingerprint density at radius 3 is 2.77 bits per heavy atom. The largest absolute Gasteiger partial charge is 0.481 e. The minimum absolute atomic E-state index is 0.0595. The van der Waals surface area contributed by atoms with E-state index in [2.05, 4.69) is 4.98 Å². The van der Waals surface area contributed by atoms with Crippen LogP contribution in [0.3, 0.4) is 0 Å². The van der Waals surface area contributed by atoms with E-state index in [0.29, 0.717) is 23.9 Å². The van der Waals surface area contributed by atoms with Gasteiger partial charge in [0.15, 0.2) is 0 Å². The number of amides is 1. The average molecular weight is 354 g/mol. The third-order valence-electron chi connectivity index (χ3n) is 5.57. The van der Waals surface area contributed by atoms with E-state index in [1.807, 2.05) is 29.2 Å². The number of hydrogen-bond donors (Lipinski definition) is 0. The van der Waals surface area contributed by atoms with Gasteiger partial charge in [0.2, 0.25) is 5.88 Å². The number of carbonyl (C=O) groups excluding carboxylic acids is 1. The molecule has 26 heavy (non-hydrogen) atoms. The number of para-hydroxylation sites is 1. The molecule has 4 rings (SSSR count). The fraction of sp³-hybridized carbons (Fsp3) is 0.524. The molecule has 1 aliphatic heterocycles. The van der Waals surface area contributed by atoms with Gasteiger partial charge >= 0.3 is 0 Å². The van der Waals surface area contributed by atoms with E-state index < -0.39 is 0 Å². The minimum atomic E-state index is 0.0595. The molecule has 138 valence electrons. The minimum Gasteiger partial charge on any atom is -0.481 e. The lowest BCUT2D eigenvalue weighted by Crippen LogP contribution is -2.42. The predicted octanol–water partition coefficient (Wildman–Crippen LogP) is 3.66. The molecule has 2 heterocycles. The Hall–Kier alpha value is -2.14. The topological polar surface area (TPSA) is 51.7 Å². The van der Waals surface area contributed by atoms with Crippen LogP contribution < -0.4 is 4.74 Å². The molecule has 0 spiro atoms. The van der Waals surface area contributed by atoms with E-state index in [4.69, 9.17) is 9.47 Å². The van der Waals surface area contributed by atoms with E-state index in [1.165, 1.54) is 19.3 Å². The molecule has 1 aromatic heterocycles. The number of carbonyl (C=O) groups is 1. The first-order valence-electron chi connectivity index (χ1n) is 9.59. The quantitative estimate of drug-likeness (QED) is 0.794. The van der Waals surface area contributed by atoms with Crippen LogP contribution in [0.2, 0.25) is 0 Å². The summed E-state index contributed by atoms with van der Waals surface area (Å²) < 4.78 is 11.1. The zero-order chi connectivity index (χ0) is 17.9. The average Bonchev–Trinajstić information content (AvgIpc) is 3.15. The molecule has 1 aromatic carbocycles. The number of ether oxygens (including phenoxy) is 2. The highest BCUT2D eigenvalue weighted by Gasteiger charge is 2.29. The van der Waals surface area contributed by atoms with E-state index in [1.54, 1.807) is 13.2 Å². The third-order valence-corrected chi connectivity index (χ3v) is 5.57. The maximum absolute atomic E-state index is 13.5. The summed E-state index contributed by atoms with van der Waals surface area (Å²) in [5.41, 5.74) is 1.46. The second-order valence-electron chi connectivity index (χ2n) is 7.37. The highest BCUT2D eigenvalue weighted by Crippen LogP contribution is 2.30. The number of nitrogens with zero attached hydrogens (tertiary/aromatic N) is 2. The second-order valence-corrected chi connectivity index (χ2v) is 7.37. The SMILES string of the molecule is COc1cc(C(=O)N(CC2CCC2)C[C@@H]2CCCO2)c2ccccc2n1. The van der Waals surface area contributed by atoms with Crippen molar-refractivity contribution in [2.45, 2.75) is 38.2 Å². The van der Waals surface area contributed by atoms with E-state index in [-0.39, 0.29) is 12.0 Å². The van der Waals surface area contributed by atoms with Gasteiger partial charge in [-0.25, -0.2) is 4.98 Å². The molecule has 1 saturated carbocycles. The summed E-state index contributed by atoms with van der Waals surface area (Å²) in [6, 6.07) is 9.53. The van der Waals surface area contributed by atoms with Gasteiger partial charge in [-0.3, -0.25) is 4.79 Å². The summed E-state index contributed by atoms with van der Waals surface area (Å²) >= 11 is 0. The third kappa shape index (κ3) is 3.54. The van der Waals surface area contributed by atoms with Crippen LogP contribution in [0.4, 0.5) is 0 Å². The monoisotopic (exact) mass is 354 g/mol. The van der Waals surface area contributed by atoms with E-state index in [9.17, 15) is 4.79 Å². The summed E-state index contributed by atoms with van der Waals surface area (Å²) in [6.45, 7) is 2.30. The molecule has 0 radical (unpaired) electrons. The van der Waals surface area contributed by atoms with Crippen molar-refractivity contribution in [3.05, 3.63) is 35.9 Å². The Kier molecular flexibility index (Phi) is 5.07. The van der Waals surface area contributed by atoms with Crippen LogP contribution >= 0.6 is 0 Å². The molecule has 1 atom stereocenters. The lowest BCUT2D eigenvalue weighted by Gasteiger charge is -2.34. The van der Waals surface area contributed by atoms with Gasteiger partial charge in [0.25, 0.3) is 5.91 Å². The maximum Gasteiger partial charge on any atom is 0.254 e. The van der Waals surface area contributed by atoms with E-state index >= 15 is 0 Å². The molecule has 5 heteroatoms. The number of hydrogen-bond acceptors (Lipinski definition) is 4. The van der Waals surface area contributed by atoms with Crippen LogP contribution in [0.15, 0.2) is 30.3 Å². The number of methoxy groups -OCH3 is 1. The van der Waals surface area contributed by atoms with Crippen LogP contribution in [0.5, 0.6) is 5.88 Å². The van der Waals surface area contributed by atoms with Crippen LogP contribution in [0.1, 0.15) is 42.5 Å². The van der Waals surface area contributed by atoms with Crippen molar-refractivity contribution in [3.63, 3.8) is 0 Å². The molecule has 1 saturated heterocycles. The first-order valence-corrected chi connectivity index (χ1v) is 9.59. The van der Waals surface area contributed by atoms with Gasteiger partial charge in [0.1, 0.15) is 0 Å². The molecule has 1 aliphatic carbocycles. The zero-order valence-corrected chi connectivity index (χ0v) is 15.3. The molecule has 0 bridgehead atoms. The number of pyridine rings is 1. The van der Waals surface area contributed by atoms with Crippen LogP contribution in [-0.2, 0) is 4.74 Å². The summed E-state index contributed by atoms with van der Waals surface area (Å²) in [6.07, 6.45) is 6.00. The van der Waals surface area contributed by atoms with Crippen molar-refractivity contribution in [1.29, 1.82) is 0 Å². The molecular formula is C21H26N2O3. The zero-order valence-electron chi connectivity index (χ0n) is 15.3. The number of fused-ring (bicyclic) bond motifs is 1. The van der Waals surface area contributed by atoms with Crippen molar-refractivity contribution in [2.75, 3.05) is 26.8 Å². The lowest BCUT2D eigenvalue weighted by atomic mass is 9.85. The predicted molar refractivity (Wildman–Crippen MR) is 101 cm³/mol. The van der Waals surface area contributed by atoms with Gasteiger partial charge in [-0.05, 0) is 37.7 Å². The Labute approximate surface area is 154 Å². The molecule has 5 nitrogen and oxygen atoms in total. The van der Waals surface area contributed by atoms with E-state index in [0.717, 1.165) is 36.9 Å². The summed E-state index contributed by atoms with van der Waals surface area (Å²) in [4.78, 5) is 19.9. The second kappa shape index (κ2) is 7.62. The number of aromatic nitrogens is 1. The standard InChI is InChI=1S/C21H26N2O3/c1-25-20-12-18(17-9-2-3-10-19(17)22-20)21(24)23(13-15-6-4-7-15)14-16-8-5-11-26-16/h2-3,9-10,12,15-16H,4-8,11,13-14H2,1H3/t16-/m0/s1. The van der Waals surface area contributed by atoms with Crippen LogP contribution in [0.25, 0.3) is 10.9 Å². The summed E-state index contributed by atoms with van der Waals surface area (Å²) in [5, 5.41) is 0.879. The fourth-order valence-corrected chi connectivity index (χ4v) is 3.86. The van der Waals surface area contributed by atoms with Gasteiger partial charge in [0, 0.05) is 31.1 Å². The van der Waals surface area contributed by atoms with Gasteiger partial charge in [-0.1, -0.05) is 24.6 Å². The van der Waals surface area contributed by atoms with Gasteiger partial charge in [0.05, 0.1) is 24.3 Å². The fourth-order valence-electron chi connectivity index (χ4n) is 3.86. The molecule has 0 N–H and O–H groups in total. The molecular weight excluding hydrogens is 328 g/mol. The molecule has 2 aromatic rings. The Bertz CT molecular complexity index is 782. The molecule has 2 aliphatic rings. The van der Waals surface area contributed by atoms with Crippen molar-refractivity contribution >= 4 is 16.8 Å². The number of rotatable bonds is 6. The first-order chi connectivity index (χ1) is 12.7. The van der Waals surface area contributed by atoms with Crippen LogP contribution in [0, 0.1) is 5.92 Å². The highest BCUT2D eigenvalue weighted by molar-refractivity contribution is 6.06.